The number of para-hydroxylation sites is 1. The molecule has 0 spiro atoms. The number of nitrogens with one attached hydrogen (secondary N) is 5. The van der Waals surface area contributed by atoms with Crippen molar-refractivity contribution >= 4 is 58.3 Å². The molecule has 55 heavy (non-hydrogen) atoms. The van der Waals surface area contributed by atoms with Gasteiger partial charge in [-0.25, -0.2) is 4.79 Å². The summed E-state index contributed by atoms with van der Waals surface area (Å²) in [5.74, 6) is -8.50. The predicted molar refractivity (Wildman–Crippen MR) is 198 cm³/mol. The smallest absolute Gasteiger partial charge is 0.326 e. The van der Waals surface area contributed by atoms with Crippen molar-refractivity contribution in [1.29, 1.82) is 0 Å². The number of amides is 5. The van der Waals surface area contributed by atoms with Gasteiger partial charge in [0.25, 0.3) is 0 Å². The summed E-state index contributed by atoms with van der Waals surface area (Å²) in [6.45, 7) is 7.19. The van der Waals surface area contributed by atoms with Gasteiger partial charge < -0.3 is 52.2 Å². The van der Waals surface area contributed by atoms with Gasteiger partial charge in [-0.3, -0.25) is 33.6 Å². The molecule has 302 valence electrons. The minimum absolute atomic E-state index is 0.0531. The first-order valence-corrected chi connectivity index (χ1v) is 18.4. The van der Waals surface area contributed by atoms with Crippen LogP contribution in [0.15, 0.2) is 30.5 Å². The standard InChI is InChI=1S/C37H53N7O11/c1-5-20(4)31(38)35(52)40-24(12-13-29(45)46)36(53)44-14-8-11-28(44)34(51)42-26(17-30(47)48)33(50)41-25(32(49)43-27(37(54)55)15-19(2)3)16-21-18-39-23-10-7-6-9-22(21)23/h6-7,9-10,18-20,24-28,31,39H,5,8,11-17,38H2,1-4H3,(H,40,52)(H,41,50)(H,42,51)(H,43,49)(H,45,46)(H,47,48)(H,54,55)/t20-,24-,25-,26-,27-,28-,31-/m0/s1. The van der Waals surface area contributed by atoms with E-state index in [1.54, 1.807) is 51.2 Å². The molecule has 7 atom stereocenters. The number of H-pyrrole nitrogens is 1. The third-order valence-electron chi connectivity index (χ3n) is 9.73. The fourth-order valence-electron chi connectivity index (χ4n) is 6.43. The summed E-state index contributed by atoms with van der Waals surface area (Å²) in [4.78, 5) is 107. The lowest BCUT2D eigenvalue weighted by molar-refractivity contribution is -0.145. The van der Waals surface area contributed by atoms with Crippen molar-refractivity contribution in [1.82, 2.24) is 31.2 Å². The Hall–Kier alpha value is -5.52. The van der Waals surface area contributed by atoms with Crippen molar-refractivity contribution < 1.29 is 53.7 Å². The van der Waals surface area contributed by atoms with Crippen LogP contribution in [0.2, 0.25) is 0 Å². The van der Waals surface area contributed by atoms with Crippen molar-refractivity contribution in [2.45, 2.75) is 115 Å². The fraction of sp³-hybridized carbons (Fsp3) is 0.568. The number of aromatic amines is 1. The monoisotopic (exact) mass is 771 g/mol. The number of fused-ring (bicyclic) bond motifs is 1. The van der Waals surface area contributed by atoms with E-state index in [1.807, 2.05) is 6.92 Å². The molecule has 1 aliphatic heterocycles. The third-order valence-corrected chi connectivity index (χ3v) is 9.73. The first-order valence-electron chi connectivity index (χ1n) is 18.4. The van der Waals surface area contributed by atoms with Crippen molar-refractivity contribution in [3.05, 3.63) is 36.0 Å². The minimum atomic E-state index is -1.73. The van der Waals surface area contributed by atoms with Gasteiger partial charge >= 0.3 is 17.9 Å². The molecular weight excluding hydrogens is 718 g/mol. The normalized spacial score (nSPS) is 17.3. The molecule has 2 heterocycles. The summed E-state index contributed by atoms with van der Waals surface area (Å²) >= 11 is 0. The topological polar surface area (TPSA) is 290 Å². The average Bonchev–Trinajstić information content (AvgIpc) is 3.78. The quantitative estimate of drug-likeness (QED) is 0.0838. The first kappa shape index (κ1) is 43.9. The number of hydrogen-bond donors (Lipinski definition) is 9. The van der Waals surface area contributed by atoms with Gasteiger partial charge in [-0.1, -0.05) is 52.3 Å². The average molecular weight is 772 g/mol. The zero-order chi connectivity index (χ0) is 41.0. The van der Waals surface area contributed by atoms with Gasteiger partial charge in [0.2, 0.25) is 29.5 Å². The number of likely N-dealkylation sites (tertiary alicyclic amines) is 1. The lowest BCUT2D eigenvalue weighted by Crippen LogP contribution is -2.59. The molecule has 2 aromatic rings. The van der Waals surface area contributed by atoms with Gasteiger partial charge in [0.1, 0.15) is 30.2 Å². The van der Waals surface area contributed by atoms with Gasteiger partial charge in [-0.15, -0.1) is 0 Å². The minimum Gasteiger partial charge on any atom is -0.481 e. The van der Waals surface area contributed by atoms with E-state index in [0.29, 0.717) is 18.4 Å². The Morgan fingerprint density at radius 3 is 2.11 bits per heavy atom. The van der Waals surface area contributed by atoms with Gasteiger partial charge in [0, 0.05) is 36.5 Å². The van der Waals surface area contributed by atoms with E-state index in [4.69, 9.17) is 5.73 Å². The molecule has 0 bridgehead atoms. The second-order valence-corrected chi connectivity index (χ2v) is 14.4. The Balaban J connectivity index is 1.86. The van der Waals surface area contributed by atoms with Crippen molar-refractivity contribution in [3.8, 4) is 0 Å². The Morgan fingerprint density at radius 1 is 0.855 bits per heavy atom. The molecule has 3 rings (SSSR count). The lowest BCUT2D eigenvalue weighted by atomic mass is 9.98. The molecule has 1 aliphatic rings. The van der Waals surface area contributed by atoms with Crippen molar-refractivity contribution in [3.63, 3.8) is 0 Å². The fourth-order valence-corrected chi connectivity index (χ4v) is 6.43. The number of aliphatic carboxylic acids is 3. The summed E-state index contributed by atoms with van der Waals surface area (Å²) in [5.41, 5.74) is 7.38. The molecule has 0 aliphatic carbocycles. The Morgan fingerprint density at radius 2 is 1.49 bits per heavy atom. The predicted octanol–water partition coefficient (Wildman–Crippen LogP) is 0.484. The van der Waals surface area contributed by atoms with Crippen LogP contribution < -0.4 is 27.0 Å². The SMILES string of the molecule is CC[C@H](C)[C@H](N)C(=O)N[C@@H](CCC(=O)O)C(=O)N1CCC[C@H]1C(=O)N[C@@H](CC(=O)O)C(=O)N[C@@H](Cc1c[nH]c2ccccc12)C(=O)N[C@@H](CC(C)C)C(=O)O. The summed E-state index contributed by atoms with van der Waals surface area (Å²) in [5, 5.41) is 39.4. The number of nitrogens with two attached hydrogens (primary N) is 1. The maximum atomic E-state index is 13.8. The van der Waals surface area contributed by atoms with E-state index in [1.165, 1.54) is 0 Å². The van der Waals surface area contributed by atoms with Gasteiger partial charge in [-0.2, -0.15) is 0 Å². The highest BCUT2D eigenvalue weighted by Crippen LogP contribution is 2.22. The van der Waals surface area contributed by atoms with Crippen LogP contribution in [0.25, 0.3) is 10.9 Å². The highest BCUT2D eigenvalue weighted by molar-refractivity contribution is 5.98. The second kappa shape index (κ2) is 20.2. The van der Waals surface area contributed by atoms with Crippen LogP contribution in [0.3, 0.4) is 0 Å². The van der Waals surface area contributed by atoms with E-state index in [9.17, 15) is 53.7 Å². The molecule has 1 saturated heterocycles. The van der Waals surface area contributed by atoms with Crippen LogP contribution in [0.1, 0.15) is 78.2 Å². The highest BCUT2D eigenvalue weighted by Gasteiger charge is 2.40. The number of carbonyl (C=O) groups is 8. The van der Waals surface area contributed by atoms with E-state index < -0.39 is 96.5 Å². The molecule has 10 N–H and O–H groups in total. The maximum absolute atomic E-state index is 13.8. The third kappa shape index (κ3) is 12.5. The van der Waals surface area contributed by atoms with Crippen LogP contribution in [0, 0.1) is 11.8 Å². The zero-order valence-electron chi connectivity index (χ0n) is 31.5. The summed E-state index contributed by atoms with van der Waals surface area (Å²) < 4.78 is 0. The van der Waals surface area contributed by atoms with E-state index in [0.717, 1.165) is 15.8 Å². The maximum Gasteiger partial charge on any atom is 0.326 e. The number of aromatic nitrogens is 1. The summed E-state index contributed by atoms with van der Waals surface area (Å²) in [7, 11) is 0. The molecule has 1 aromatic heterocycles. The molecule has 0 saturated carbocycles. The van der Waals surface area contributed by atoms with Gasteiger partial charge in [0.05, 0.1) is 12.5 Å². The Labute approximate surface area is 318 Å². The first-order chi connectivity index (χ1) is 25.9. The number of hydrogen-bond acceptors (Lipinski definition) is 9. The second-order valence-electron chi connectivity index (χ2n) is 14.4. The van der Waals surface area contributed by atoms with E-state index in [2.05, 4.69) is 26.3 Å². The van der Waals surface area contributed by atoms with Crippen LogP contribution in [0.4, 0.5) is 0 Å². The number of rotatable bonds is 21. The van der Waals surface area contributed by atoms with Crippen LogP contribution in [0.5, 0.6) is 0 Å². The number of benzene rings is 1. The number of carbonyl (C=O) groups excluding carboxylic acids is 5. The molecule has 5 amide bonds. The van der Waals surface area contributed by atoms with E-state index >= 15 is 0 Å². The molecule has 18 nitrogen and oxygen atoms in total. The van der Waals surface area contributed by atoms with Crippen LogP contribution in [-0.4, -0.2) is 115 Å². The molecular formula is C37H53N7O11. The Bertz CT molecular complexity index is 1730. The number of nitrogens with zero attached hydrogens (tertiary/aromatic N) is 1. The zero-order valence-corrected chi connectivity index (χ0v) is 31.5. The summed E-state index contributed by atoms with van der Waals surface area (Å²) in [6.07, 6.45) is 0.940. The molecule has 1 aromatic carbocycles. The summed E-state index contributed by atoms with van der Waals surface area (Å²) in [6, 6.07) is -0.786. The van der Waals surface area contributed by atoms with Gasteiger partial charge in [0.15, 0.2) is 0 Å². The Kier molecular flexibility index (Phi) is 16.1. The molecule has 0 radical (unpaired) electrons. The highest BCUT2D eigenvalue weighted by atomic mass is 16.4. The van der Waals surface area contributed by atoms with Crippen LogP contribution in [-0.2, 0) is 44.8 Å². The lowest BCUT2D eigenvalue weighted by Gasteiger charge is -2.30. The molecule has 18 heteroatoms. The number of carboxylic acid groups (broad SMARTS) is 3. The molecule has 0 unspecified atom stereocenters. The number of carboxylic acids is 3. The van der Waals surface area contributed by atoms with Crippen molar-refractivity contribution in [2.75, 3.05) is 6.54 Å². The largest absolute Gasteiger partial charge is 0.481 e. The van der Waals surface area contributed by atoms with Crippen molar-refractivity contribution in [2.24, 2.45) is 17.6 Å². The molecule has 1 fully saturated rings. The van der Waals surface area contributed by atoms with Gasteiger partial charge in [-0.05, 0) is 49.1 Å². The van der Waals surface area contributed by atoms with Crippen LogP contribution >= 0.6 is 0 Å². The van der Waals surface area contributed by atoms with E-state index in [-0.39, 0.29) is 44.1 Å².